The molecule has 2 aromatic carbocycles. The third kappa shape index (κ3) is 4.57. The number of halogens is 4. The Morgan fingerprint density at radius 2 is 1.74 bits per heavy atom. The lowest BCUT2D eigenvalue weighted by atomic mass is 10.1. The molecular weight excluding hydrogens is 453 g/mol. The zero-order valence-corrected chi connectivity index (χ0v) is 17.9. The van der Waals surface area contributed by atoms with Gasteiger partial charge in [0.05, 0.1) is 21.3 Å². The molecule has 1 unspecified atom stereocenters. The zero-order chi connectivity index (χ0) is 22.9. The van der Waals surface area contributed by atoms with Gasteiger partial charge in [0.15, 0.2) is 0 Å². The van der Waals surface area contributed by atoms with Gasteiger partial charge in [-0.3, -0.25) is 14.2 Å². The predicted octanol–water partition coefficient (Wildman–Crippen LogP) is 4.34. The number of nitrogens with zero attached hydrogens (tertiary/aromatic N) is 1. The Morgan fingerprint density at radius 1 is 1.10 bits per heavy atom. The molecular formula is C21H16ClF3N2O3S. The lowest BCUT2D eigenvalue weighted by Crippen LogP contribution is -2.32. The lowest BCUT2D eigenvalue weighted by Gasteiger charge is -2.17. The van der Waals surface area contributed by atoms with Crippen molar-refractivity contribution in [3.63, 3.8) is 0 Å². The summed E-state index contributed by atoms with van der Waals surface area (Å²) >= 11 is 5.87. The highest BCUT2D eigenvalue weighted by Crippen LogP contribution is 2.31. The van der Waals surface area contributed by atoms with E-state index in [0.717, 1.165) is 22.8 Å². The molecule has 0 saturated heterocycles. The summed E-state index contributed by atoms with van der Waals surface area (Å²) in [6.45, 7) is 1.46. The largest absolute Gasteiger partial charge is 0.416 e. The van der Waals surface area contributed by atoms with Crippen LogP contribution in [0.25, 0.3) is 5.69 Å². The van der Waals surface area contributed by atoms with Crippen molar-refractivity contribution in [1.82, 2.24) is 9.88 Å². The summed E-state index contributed by atoms with van der Waals surface area (Å²) in [5, 5.41) is 2.75. The highest BCUT2D eigenvalue weighted by atomic mass is 35.5. The van der Waals surface area contributed by atoms with E-state index in [9.17, 15) is 27.0 Å². The van der Waals surface area contributed by atoms with Gasteiger partial charge in [-0.1, -0.05) is 17.7 Å². The predicted molar refractivity (Wildman–Crippen MR) is 111 cm³/mol. The van der Waals surface area contributed by atoms with Crippen molar-refractivity contribution in [1.29, 1.82) is 0 Å². The summed E-state index contributed by atoms with van der Waals surface area (Å²) < 4.78 is 53.8. The van der Waals surface area contributed by atoms with Gasteiger partial charge in [0.1, 0.15) is 5.56 Å². The number of hydrogen-bond acceptors (Lipinski definition) is 3. The van der Waals surface area contributed by atoms with Crippen LogP contribution < -0.4 is 10.9 Å². The van der Waals surface area contributed by atoms with Gasteiger partial charge in [0.2, 0.25) is 0 Å². The van der Waals surface area contributed by atoms with Gasteiger partial charge < -0.3 is 5.32 Å². The van der Waals surface area contributed by atoms with Gasteiger partial charge in [-0.05, 0) is 55.5 Å². The first-order valence-corrected chi connectivity index (χ1v) is 10.4. The van der Waals surface area contributed by atoms with E-state index in [0.29, 0.717) is 9.92 Å². The van der Waals surface area contributed by atoms with Crippen LogP contribution in [0.15, 0.2) is 69.2 Å². The minimum Gasteiger partial charge on any atom is -0.355 e. The second-order valence-corrected chi connectivity index (χ2v) is 8.38. The molecule has 0 bridgehead atoms. The van der Waals surface area contributed by atoms with Gasteiger partial charge in [-0.2, -0.15) is 13.2 Å². The zero-order valence-electron chi connectivity index (χ0n) is 16.3. The number of hydrogen-bond donors (Lipinski definition) is 1. The van der Waals surface area contributed by atoms with E-state index in [1.54, 1.807) is 0 Å². The number of benzene rings is 2. The lowest BCUT2D eigenvalue weighted by molar-refractivity contribution is -0.137. The maximum atomic E-state index is 13.2. The first kappa shape index (κ1) is 22.8. The monoisotopic (exact) mass is 468 g/mol. The molecule has 0 aliphatic heterocycles. The second kappa shape index (κ2) is 8.68. The number of nitrogens with one attached hydrogen (secondary N) is 1. The third-order valence-electron chi connectivity index (χ3n) is 4.53. The van der Waals surface area contributed by atoms with Crippen molar-refractivity contribution in [3.8, 4) is 5.69 Å². The van der Waals surface area contributed by atoms with E-state index in [1.165, 1.54) is 50.4 Å². The molecule has 5 nitrogen and oxygen atoms in total. The molecule has 0 spiro atoms. The quantitative estimate of drug-likeness (QED) is 0.619. The summed E-state index contributed by atoms with van der Waals surface area (Å²) in [7, 11) is -0.519. The Kier molecular flexibility index (Phi) is 6.38. The number of carbonyl (C=O) groups excluding carboxylic acids is 1. The number of rotatable bonds is 4. The highest BCUT2D eigenvalue weighted by Gasteiger charge is 2.31. The van der Waals surface area contributed by atoms with E-state index in [4.69, 9.17) is 11.6 Å². The molecule has 31 heavy (non-hydrogen) atoms. The molecule has 162 valence electrons. The normalized spacial score (nSPS) is 12.5. The first-order chi connectivity index (χ1) is 14.5. The number of pyridine rings is 1. The van der Waals surface area contributed by atoms with Crippen molar-refractivity contribution < 1.29 is 22.2 Å². The molecule has 10 heteroatoms. The molecule has 1 amide bonds. The standard InChI is InChI=1S/C21H16ClF3N2O3S/c1-12-18(31(30)16-8-6-14(22)7-9-16)11-17(19(28)26-2)20(29)27(12)15-5-3-4-13(10-15)21(23,24)25/h3-11H,1-2H3,(H,26,28). The van der Waals surface area contributed by atoms with Gasteiger partial charge in [0, 0.05) is 28.3 Å². The Hall–Kier alpha value is -2.91. The fraction of sp³-hybridized carbons (Fsp3) is 0.143. The van der Waals surface area contributed by atoms with Gasteiger partial charge >= 0.3 is 6.18 Å². The molecule has 0 aliphatic carbocycles. The molecule has 0 saturated carbocycles. The number of aromatic nitrogens is 1. The maximum Gasteiger partial charge on any atom is 0.416 e. The minimum absolute atomic E-state index is 0.0996. The minimum atomic E-state index is -4.62. The van der Waals surface area contributed by atoms with Crippen molar-refractivity contribution in [3.05, 3.63) is 86.8 Å². The van der Waals surface area contributed by atoms with E-state index in [-0.39, 0.29) is 21.8 Å². The van der Waals surface area contributed by atoms with Crippen molar-refractivity contribution >= 4 is 28.3 Å². The summed E-state index contributed by atoms with van der Waals surface area (Å²) in [6.07, 6.45) is -4.62. The van der Waals surface area contributed by atoms with Crippen LogP contribution in [0.5, 0.6) is 0 Å². The molecule has 3 aromatic rings. The molecule has 1 N–H and O–H groups in total. The van der Waals surface area contributed by atoms with Crippen LogP contribution in [0.2, 0.25) is 5.02 Å². The summed E-state index contributed by atoms with van der Waals surface area (Å²) in [5.74, 6) is -0.750. The Balaban J connectivity index is 2.30. The summed E-state index contributed by atoms with van der Waals surface area (Å²) in [6, 6.07) is 11.5. The smallest absolute Gasteiger partial charge is 0.355 e. The van der Waals surface area contributed by atoms with Crippen LogP contribution in [-0.2, 0) is 17.0 Å². The fourth-order valence-corrected chi connectivity index (χ4v) is 4.33. The van der Waals surface area contributed by atoms with E-state index >= 15 is 0 Å². The molecule has 0 aliphatic rings. The molecule has 1 heterocycles. The van der Waals surface area contributed by atoms with Crippen LogP contribution in [-0.4, -0.2) is 21.7 Å². The fourth-order valence-electron chi connectivity index (χ4n) is 2.98. The Labute approximate surface area is 182 Å². The summed E-state index contributed by atoms with van der Waals surface area (Å²) in [5.41, 5.74) is -2.08. The Morgan fingerprint density at radius 3 is 2.32 bits per heavy atom. The van der Waals surface area contributed by atoms with Gasteiger partial charge in [0.25, 0.3) is 11.5 Å². The van der Waals surface area contributed by atoms with Crippen LogP contribution in [0.4, 0.5) is 13.2 Å². The molecule has 1 aromatic heterocycles. The number of alkyl halides is 3. The van der Waals surface area contributed by atoms with Crippen molar-refractivity contribution in [2.75, 3.05) is 7.05 Å². The van der Waals surface area contributed by atoms with Crippen LogP contribution >= 0.6 is 11.6 Å². The van der Waals surface area contributed by atoms with Crippen LogP contribution in [0.1, 0.15) is 21.6 Å². The van der Waals surface area contributed by atoms with E-state index < -0.39 is 34.0 Å². The maximum absolute atomic E-state index is 13.2. The summed E-state index contributed by atoms with van der Waals surface area (Å²) in [4.78, 5) is 25.8. The molecule has 0 fully saturated rings. The molecule has 0 radical (unpaired) electrons. The molecule has 3 rings (SSSR count). The van der Waals surface area contributed by atoms with E-state index in [2.05, 4.69) is 5.32 Å². The van der Waals surface area contributed by atoms with Crippen LogP contribution in [0, 0.1) is 6.92 Å². The second-order valence-electron chi connectivity index (χ2n) is 6.50. The van der Waals surface area contributed by atoms with Crippen molar-refractivity contribution in [2.45, 2.75) is 22.9 Å². The van der Waals surface area contributed by atoms with Crippen molar-refractivity contribution in [2.24, 2.45) is 0 Å². The van der Waals surface area contributed by atoms with Gasteiger partial charge in [-0.15, -0.1) is 0 Å². The number of amides is 1. The Bertz CT molecular complexity index is 1240. The SMILES string of the molecule is CNC(=O)c1cc(S(=O)c2ccc(Cl)cc2)c(C)n(-c2cccc(C(F)(F)F)c2)c1=O. The van der Waals surface area contributed by atoms with Gasteiger partial charge in [-0.25, -0.2) is 4.21 Å². The number of carbonyl (C=O) groups is 1. The highest BCUT2D eigenvalue weighted by molar-refractivity contribution is 7.85. The van der Waals surface area contributed by atoms with Crippen LogP contribution in [0.3, 0.4) is 0 Å². The molecule has 1 atom stereocenters. The van der Waals surface area contributed by atoms with E-state index in [1.807, 2.05) is 0 Å². The third-order valence-corrected chi connectivity index (χ3v) is 6.30. The first-order valence-electron chi connectivity index (χ1n) is 8.88. The average molecular weight is 469 g/mol. The average Bonchev–Trinajstić information content (AvgIpc) is 2.73. The topological polar surface area (TPSA) is 68.2 Å².